The average molecular weight is 395 g/mol. The van der Waals surface area contributed by atoms with Crippen LogP contribution in [0, 0.1) is 0 Å². The van der Waals surface area contributed by atoms with Crippen molar-refractivity contribution in [2.24, 2.45) is 0 Å². The lowest BCUT2D eigenvalue weighted by molar-refractivity contribution is -0.0123. The third kappa shape index (κ3) is 3.94. The smallest absolute Gasteiger partial charge is 0.169 e. The Balaban J connectivity index is 1.55. The summed E-state index contributed by atoms with van der Waals surface area (Å²) in [6, 6.07) is 11.7. The molecule has 0 atom stereocenters. The molecule has 6 heteroatoms. The molecule has 0 unspecified atom stereocenters. The van der Waals surface area contributed by atoms with Gasteiger partial charge in [-0.05, 0) is 54.9 Å². The Morgan fingerprint density at radius 1 is 1.26 bits per heavy atom. The quantitative estimate of drug-likeness (QED) is 0.781. The van der Waals surface area contributed by atoms with Gasteiger partial charge in [-0.2, -0.15) is 0 Å². The number of likely N-dealkylation sites (tertiary alicyclic amines) is 1. The highest BCUT2D eigenvalue weighted by atomic mass is 79.9. The zero-order valence-electron chi connectivity index (χ0n) is 12.7. The van der Waals surface area contributed by atoms with E-state index < -0.39 is 5.60 Å². The first kappa shape index (κ1) is 16.5. The van der Waals surface area contributed by atoms with Crippen LogP contribution in [0.25, 0.3) is 0 Å². The van der Waals surface area contributed by atoms with Gasteiger partial charge in [0.15, 0.2) is 5.11 Å². The van der Waals surface area contributed by atoms with E-state index in [0.717, 1.165) is 28.9 Å². The van der Waals surface area contributed by atoms with Crippen molar-refractivity contribution in [3.63, 3.8) is 0 Å². The molecule has 0 amide bonds. The Kier molecular flexibility index (Phi) is 5.04. The largest absolute Gasteiger partial charge is 0.467 e. The third-order valence-corrected chi connectivity index (χ3v) is 5.18. The van der Waals surface area contributed by atoms with Crippen molar-refractivity contribution >= 4 is 33.3 Å². The van der Waals surface area contributed by atoms with Crippen LogP contribution in [0.3, 0.4) is 0 Å². The highest BCUT2D eigenvalue weighted by molar-refractivity contribution is 9.10. The first-order valence-corrected chi connectivity index (χ1v) is 8.80. The molecule has 23 heavy (non-hydrogen) atoms. The molecule has 2 N–H and O–H groups in total. The molecule has 0 spiro atoms. The maximum absolute atomic E-state index is 10.9. The fourth-order valence-electron chi connectivity index (χ4n) is 2.82. The molecule has 0 aliphatic carbocycles. The summed E-state index contributed by atoms with van der Waals surface area (Å²) < 4.78 is 6.31. The summed E-state index contributed by atoms with van der Waals surface area (Å²) in [6.45, 7) is 2.05. The van der Waals surface area contributed by atoms with E-state index in [0.29, 0.717) is 24.5 Å². The van der Waals surface area contributed by atoms with Crippen molar-refractivity contribution in [2.75, 3.05) is 13.1 Å². The van der Waals surface area contributed by atoms with Crippen LogP contribution >= 0.6 is 28.1 Å². The average Bonchev–Trinajstić information content (AvgIpc) is 3.07. The second-order valence-electron chi connectivity index (χ2n) is 5.76. The predicted octanol–water partition coefficient (Wildman–Crippen LogP) is 3.40. The van der Waals surface area contributed by atoms with Crippen molar-refractivity contribution < 1.29 is 9.52 Å². The van der Waals surface area contributed by atoms with Crippen LogP contribution in [0.2, 0.25) is 0 Å². The summed E-state index contributed by atoms with van der Waals surface area (Å²) in [6.07, 6.45) is 2.98. The Hall–Kier alpha value is -1.37. The molecule has 1 aliphatic rings. The van der Waals surface area contributed by atoms with Crippen LogP contribution in [-0.4, -0.2) is 28.2 Å². The Bertz CT molecular complexity index is 650. The van der Waals surface area contributed by atoms with Gasteiger partial charge in [0.05, 0.1) is 18.4 Å². The summed E-state index contributed by atoms with van der Waals surface area (Å²) in [5.41, 5.74) is 0.197. The van der Waals surface area contributed by atoms with Gasteiger partial charge in [0, 0.05) is 17.6 Å². The fourth-order valence-corrected chi connectivity index (χ4v) is 3.34. The Morgan fingerprint density at radius 3 is 2.57 bits per heavy atom. The van der Waals surface area contributed by atoms with Crippen molar-refractivity contribution in [2.45, 2.75) is 25.0 Å². The molecule has 0 bridgehead atoms. The number of piperidine rings is 1. The number of aliphatic hydroxyl groups is 1. The Labute approximate surface area is 149 Å². The maximum Gasteiger partial charge on any atom is 0.169 e. The van der Waals surface area contributed by atoms with Gasteiger partial charge in [0.2, 0.25) is 0 Å². The summed E-state index contributed by atoms with van der Waals surface area (Å²) >= 11 is 8.87. The Morgan fingerprint density at radius 2 is 1.96 bits per heavy atom. The second kappa shape index (κ2) is 7.03. The van der Waals surface area contributed by atoms with Crippen LogP contribution < -0.4 is 5.32 Å². The van der Waals surface area contributed by atoms with Gasteiger partial charge in [0.1, 0.15) is 5.76 Å². The van der Waals surface area contributed by atoms with Gasteiger partial charge in [-0.3, -0.25) is 0 Å². The maximum atomic E-state index is 10.9. The van der Waals surface area contributed by atoms with Crippen LogP contribution in [0.4, 0.5) is 0 Å². The molecule has 3 rings (SSSR count). The van der Waals surface area contributed by atoms with Crippen molar-refractivity contribution in [3.05, 3.63) is 58.5 Å². The first-order valence-electron chi connectivity index (χ1n) is 7.60. The van der Waals surface area contributed by atoms with E-state index in [9.17, 15) is 5.11 Å². The number of nitrogens with one attached hydrogen (secondary N) is 1. The molecule has 1 aliphatic heterocycles. The molecule has 2 aromatic rings. The summed E-state index contributed by atoms with van der Waals surface area (Å²) in [7, 11) is 0. The van der Waals surface area contributed by atoms with Gasteiger partial charge in [0.25, 0.3) is 0 Å². The fraction of sp³-hybridized carbons (Fsp3) is 0.353. The molecule has 2 heterocycles. The lowest BCUT2D eigenvalue weighted by Gasteiger charge is -2.39. The van der Waals surface area contributed by atoms with E-state index >= 15 is 0 Å². The number of benzene rings is 1. The number of halogens is 1. The minimum Gasteiger partial charge on any atom is -0.467 e. The van der Waals surface area contributed by atoms with E-state index in [1.807, 2.05) is 36.4 Å². The number of furan rings is 1. The van der Waals surface area contributed by atoms with E-state index in [4.69, 9.17) is 16.6 Å². The van der Waals surface area contributed by atoms with Gasteiger partial charge in [-0.15, -0.1) is 0 Å². The van der Waals surface area contributed by atoms with Gasteiger partial charge in [-0.1, -0.05) is 28.1 Å². The zero-order chi connectivity index (χ0) is 16.3. The minimum absolute atomic E-state index is 0.583. The van der Waals surface area contributed by atoms with Crippen molar-refractivity contribution in [1.82, 2.24) is 10.2 Å². The third-order valence-electron chi connectivity index (χ3n) is 4.25. The van der Waals surface area contributed by atoms with Crippen molar-refractivity contribution in [3.8, 4) is 0 Å². The lowest BCUT2D eigenvalue weighted by Crippen LogP contribution is -2.48. The highest BCUT2D eigenvalue weighted by Gasteiger charge is 2.34. The SMILES string of the molecule is OC1(c2ccc(Br)cc2)CCN(C(=S)NCc2ccco2)CC1. The van der Waals surface area contributed by atoms with Gasteiger partial charge >= 0.3 is 0 Å². The number of hydrogen-bond donors (Lipinski definition) is 2. The normalized spacial score (nSPS) is 17.0. The molecule has 1 aromatic heterocycles. The zero-order valence-corrected chi connectivity index (χ0v) is 15.1. The van der Waals surface area contributed by atoms with Gasteiger partial charge < -0.3 is 19.7 Å². The van der Waals surface area contributed by atoms with Crippen LogP contribution in [0.5, 0.6) is 0 Å². The van der Waals surface area contributed by atoms with Crippen LogP contribution in [0.1, 0.15) is 24.2 Å². The molecule has 0 saturated carbocycles. The molecular weight excluding hydrogens is 376 g/mol. The summed E-state index contributed by atoms with van der Waals surface area (Å²) in [5, 5.41) is 14.8. The topological polar surface area (TPSA) is 48.6 Å². The van der Waals surface area contributed by atoms with Crippen LogP contribution in [0.15, 0.2) is 51.6 Å². The van der Waals surface area contributed by atoms with E-state index in [1.165, 1.54) is 0 Å². The predicted molar refractivity (Wildman–Crippen MR) is 97.0 cm³/mol. The van der Waals surface area contributed by atoms with Gasteiger partial charge in [-0.25, -0.2) is 0 Å². The highest BCUT2D eigenvalue weighted by Crippen LogP contribution is 2.33. The molecule has 1 saturated heterocycles. The number of thiocarbonyl (C=S) groups is 1. The first-order chi connectivity index (χ1) is 11.1. The molecule has 1 aromatic carbocycles. The standard InChI is InChI=1S/C17H19BrN2O2S/c18-14-5-3-13(4-6-14)17(21)7-9-20(10-8-17)16(23)19-12-15-2-1-11-22-15/h1-6,11,21H,7-10,12H2,(H,19,23). The van der Waals surface area contributed by atoms with E-state index in [1.54, 1.807) is 6.26 Å². The van der Waals surface area contributed by atoms with E-state index in [-0.39, 0.29) is 0 Å². The van der Waals surface area contributed by atoms with Crippen LogP contribution in [-0.2, 0) is 12.1 Å². The molecular formula is C17H19BrN2O2S. The summed E-state index contributed by atoms with van der Waals surface area (Å²) in [4.78, 5) is 2.10. The molecule has 4 nitrogen and oxygen atoms in total. The van der Waals surface area contributed by atoms with Crippen molar-refractivity contribution in [1.29, 1.82) is 0 Å². The molecule has 122 valence electrons. The number of nitrogens with zero attached hydrogens (tertiary/aromatic N) is 1. The molecule has 0 radical (unpaired) electrons. The second-order valence-corrected chi connectivity index (χ2v) is 7.07. The van der Waals surface area contributed by atoms with E-state index in [2.05, 4.69) is 26.1 Å². The minimum atomic E-state index is -0.770. The lowest BCUT2D eigenvalue weighted by atomic mass is 9.84. The monoisotopic (exact) mass is 394 g/mol. The number of rotatable bonds is 3. The number of hydrogen-bond acceptors (Lipinski definition) is 3. The molecule has 1 fully saturated rings. The summed E-state index contributed by atoms with van der Waals surface area (Å²) in [5.74, 6) is 0.857.